The van der Waals surface area contributed by atoms with Gasteiger partial charge in [-0.3, -0.25) is 38.6 Å². The molecule has 2 fully saturated rings. The van der Waals surface area contributed by atoms with Crippen LogP contribution in [0.4, 0.5) is 30.2 Å². The molecule has 23 heteroatoms. The van der Waals surface area contributed by atoms with E-state index in [1.54, 1.807) is 57.0 Å². The van der Waals surface area contributed by atoms with Crippen molar-refractivity contribution in [3.8, 4) is 0 Å². The second-order valence-corrected chi connectivity index (χ2v) is 21.3. The number of morpholine rings is 1. The molecule has 4 heterocycles. The number of ether oxygens (including phenoxy) is 1. The maximum atomic E-state index is 15.0. The van der Waals surface area contributed by atoms with Crippen molar-refractivity contribution in [2.24, 2.45) is 5.92 Å². The lowest BCUT2D eigenvalue weighted by Crippen LogP contribution is -2.62. The number of benzene rings is 4. The molecule has 8 rings (SSSR count). The minimum atomic E-state index is -1.45. The predicted molar refractivity (Wildman–Crippen MR) is 308 cm³/mol. The molecule has 2 saturated heterocycles. The van der Waals surface area contributed by atoms with Gasteiger partial charge in [0.05, 0.1) is 37.8 Å². The number of nitrogens with one attached hydrogen (secondary N) is 6. The van der Waals surface area contributed by atoms with Crippen molar-refractivity contribution in [3.05, 3.63) is 124 Å². The van der Waals surface area contributed by atoms with Crippen LogP contribution < -0.4 is 36.8 Å². The van der Waals surface area contributed by atoms with Gasteiger partial charge in [-0.1, -0.05) is 56.7 Å². The van der Waals surface area contributed by atoms with Crippen molar-refractivity contribution in [2.75, 3.05) is 81.6 Å². The number of halogens is 6. The third-order valence-corrected chi connectivity index (χ3v) is 15.7. The smallest absolute Gasteiger partial charge is 0.252 e. The standard InChI is InChI=1S/C57H71F3N10O7.3ClH/c1-8-33(2)50(65-53(73)36(5)61-7)55(75)69-28-39-15-18-41(24-43(39)52(69)54(74)66-51-45(59)10-9-11-46(51)60)64-48(71)26-63-56(76)57(6)32-70(47-23-38(14-19-44(47)57)22-37-12-16-40(58)17-13-37)49(72)30-68-27-34(3)62-25-42(68)29-67-20-21-77-31-35(67)4;;;/h9-19,23-24,33-36,42,50,52,61-62H,8,20-22,25-32H2,1-7H3,(H,63,76)(H,64,71)(H,65,73)(H,66,74);3*1H/t33?,34-,35-,36?,42-,50?,52+,57-;;;/m1.../s1. The zero-order chi connectivity index (χ0) is 55.3. The number of carbonyl (C=O) groups is 6. The highest BCUT2D eigenvalue weighted by atomic mass is 35.5. The number of likely N-dealkylation sites (N-methyl/N-ethyl adjacent to an activating group) is 1. The highest BCUT2D eigenvalue weighted by Crippen LogP contribution is 2.43. The molecule has 17 nitrogen and oxygen atoms in total. The quantitative estimate of drug-likeness (QED) is 0.0699. The first kappa shape index (κ1) is 65.0. The summed E-state index contributed by atoms with van der Waals surface area (Å²) in [6, 6.07) is 16.9. The fourth-order valence-corrected chi connectivity index (χ4v) is 10.7. The van der Waals surface area contributed by atoms with E-state index in [-0.39, 0.29) is 104 Å². The summed E-state index contributed by atoms with van der Waals surface area (Å²) >= 11 is 0. The van der Waals surface area contributed by atoms with Crippen LogP contribution >= 0.6 is 37.2 Å². The summed E-state index contributed by atoms with van der Waals surface area (Å²) in [6.07, 6.45) is 0.941. The number of rotatable bonds is 18. The molecule has 0 aliphatic carbocycles. The number of amides is 6. The van der Waals surface area contributed by atoms with Crippen molar-refractivity contribution in [3.63, 3.8) is 0 Å². The minimum absolute atomic E-state index is 0. The summed E-state index contributed by atoms with van der Waals surface area (Å²) in [5.74, 6) is -6.07. The van der Waals surface area contributed by atoms with Gasteiger partial charge in [0.25, 0.3) is 5.91 Å². The molecule has 0 radical (unpaired) electrons. The summed E-state index contributed by atoms with van der Waals surface area (Å²) in [5.41, 5.74) is 1.88. The molecule has 4 aromatic rings. The van der Waals surface area contributed by atoms with E-state index in [9.17, 15) is 41.9 Å². The fourth-order valence-electron chi connectivity index (χ4n) is 10.7. The van der Waals surface area contributed by atoms with Crippen molar-refractivity contribution in [1.82, 2.24) is 36.0 Å². The Hall–Kier alpha value is -5.84. The SMILES string of the molecule is CCC(C)C(NC(=O)C(C)NC)C(=O)N1Cc2ccc(NC(=O)CNC(=O)[C@]3(C)CN(C(=O)CN4C[C@@H](C)NC[C@@H]4CN4CCOC[C@H]4C)c4cc(Cc5ccc(F)cc5)ccc43)cc2[C@H]1C(=O)Nc1c(F)cccc1F.Cl.Cl.Cl. The van der Waals surface area contributed by atoms with Crippen LogP contribution in [0, 0.1) is 23.4 Å². The number of nitrogens with zero attached hydrogens (tertiary/aromatic N) is 4. The van der Waals surface area contributed by atoms with Gasteiger partial charge in [-0.15, -0.1) is 37.2 Å². The molecule has 6 N–H and O–H groups in total. The molecule has 4 aliphatic heterocycles. The van der Waals surface area contributed by atoms with Gasteiger partial charge in [-0.05, 0) is 117 Å². The Labute approximate surface area is 484 Å². The average Bonchev–Trinajstić information content (AvgIpc) is 4.07. The molecule has 3 unspecified atom stereocenters. The lowest BCUT2D eigenvalue weighted by Gasteiger charge is -2.43. The fraction of sp³-hybridized carbons (Fsp3) is 0.474. The Morgan fingerprint density at radius 3 is 2.25 bits per heavy atom. The van der Waals surface area contributed by atoms with Gasteiger partial charge in [0, 0.05) is 68.8 Å². The summed E-state index contributed by atoms with van der Waals surface area (Å²) in [7, 11) is 1.60. The molecule has 436 valence electrons. The first-order valence-electron chi connectivity index (χ1n) is 26.5. The molecule has 0 spiro atoms. The topological polar surface area (TPSA) is 197 Å². The van der Waals surface area contributed by atoms with Crippen molar-refractivity contribution < 1.29 is 46.7 Å². The van der Waals surface area contributed by atoms with E-state index >= 15 is 0 Å². The summed E-state index contributed by atoms with van der Waals surface area (Å²) in [6.45, 7) is 15.0. The zero-order valence-corrected chi connectivity index (χ0v) is 48.5. The van der Waals surface area contributed by atoms with Crippen LogP contribution in [0.3, 0.4) is 0 Å². The Kier molecular flexibility index (Phi) is 22.9. The minimum Gasteiger partial charge on any atom is -0.379 e. The zero-order valence-electron chi connectivity index (χ0n) is 46.0. The summed E-state index contributed by atoms with van der Waals surface area (Å²) in [5, 5.41) is 17.2. The largest absolute Gasteiger partial charge is 0.379 e. The maximum Gasteiger partial charge on any atom is 0.252 e. The molecule has 0 bridgehead atoms. The lowest BCUT2D eigenvalue weighted by atomic mass is 9.83. The second-order valence-electron chi connectivity index (χ2n) is 21.3. The van der Waals surface area contributed by atoms with Crippen LogP contribution in [-0.4, -0.2) is 146 Å². The number of carbonyl (C=O) groups excluding carboxylic acids is 6. The molecule has 6 amide bonds. The number of hydrogen-bond donors (Lipinski definition) is 6. The van der Waals surface area contributed by atoms with Crippen LogP contribution in [0.15, 0.2) is 78.9 Å². The van der Waals surface area contributed by atoms with Gasteiger partial charge >= 0.3 is 0 Å². The van der Waals surface area contributed by atoms with Gasteiger partial charge in [0.1, 0.15) is 35.2 Å². The number of hydrogen-bond acceptors (Lipinski definition) is 11. The number of anilines is 3. The highest BCUT2D eigenvalue weighted by Gasteiger charge is 2.48. The molecule has 80 heavy (non-hydrogen) atoms. The van der Waals surface area contributed by atoms with Crippen LogP contribution in [0.2, 0.25) is 0 Å². The van der Waals surface area contributed by atoms with E-state index in [1.165, 1.54) is 23.1 Å². The maximum absolute atomic E-state index is 15.0. The molecular weight excluding hydrogens is 1100 g/mol. The molecule has 8 atom stereocenters. The molecule has 0 aromatic heterocycles. The first-order valence-corrected chi connectivity index (χ1v) is 26.5. The third kappa shape index (κ3) is 14.6. The summed E-state index contributed by atoms with van der Waals surface area (Å²) in [4.78, 5) is 92.6. The Morgan fingerprint density at radius 1 is 0.875 bits per heavy atom. The van der Waals surface area contributed by atoms with E-state index in [1.807, 2.05) is 25.1 Å². The van der Waals surface area contributed by atoms with Crippen LogP contribution in [0.5, 0.6) is 0 Å². The van der Waals surface area contributed by atoms with Crippen LogP contribution in [0.1, 0.15) is 81.8 Å². The van der Waals surface area contributed by atoms with E-state index < -0.39 is 76.9 Å². The van der Waals surface area contributed by atoms with E-state index in [4.69, 9.17) is 4.74 Å². The third-order valence-electron chi connectivity index (χ3n) is 15.7. The van der Waals surface area contributed by atoms with Crippen LogP contribution in [0.25, 0.3) is 0 Å². The molecule has 4 aliphatic rings. The van der Waals surface area contributed by atoms with Gasteiger partial charge in [0.2, 0.25) is 29.5 Å². The van der Waals surface area contributed by atoms with Crippen LogP contribution in [-0.2, 0) is 51.9 Å². The molecule has 0 saturated carbocycles. The van der Waals surface area contributed by atoms with E-state index in [0.717, 1.165) is 42.4 Å². The van der Waals surface area contributed by atoms with Crippen molar-refractivity contribution in [1.29, 1.82) is 0 Å². The predicted octanol–water partition coefficient (Wildman–Crippen LogP) is 5.86. The lowest BCUT2D eigenvalue weighted by molar-refractivity contribution is -0.143. The van der Waals surface area contributed by atoms with Gasteiger partial charge < -0.3 is 46.4 Å². The first-order chi connectivity index (χ1) is 36.8. The van der Waals surface area contributed by atoms with Crippen molar-refractivity contribution >= 4 is 89.7 Å². The number of piperazine rings is 1. The molecule has 4 aromatic carbocycles. The van der Waals surface area contributed by atoms with Gasteiger partial charge in [-0.25, -0.2) is 13.2 Å². The monoisotopic (exact) mass is 1170 g/mol. The number of para-hydroxylation sites is 1. The Morgan fingerprint density at radius 2 is 1.57 bits per heavy atom. The Balaban J connectivity index is 0.00000392. The second kappa shape index (κ2) is 28.2. The van der Waals surface area contributed by atoms with Crippen molar-refractivity contribution in [2.45, 2.75) is 103 Å². The highest BCUT2D eigenvalue weighted by molar-refractivity contribution is 6.05. The Bertz CT molecular complexity index is 2860. The summed E-state index contributed by atoms with van der Waals surface area (Å²) < 4.78 is 49.5. The van der Waals surface area contributed by atoms with Gasteiger partial charge in [-0.2, -0.15) is 0 Å². The number of fused-ring (bicyclic) bond motifs is 2. The average molecular weight is 1170 g/mol. The molecular formula is C57H74Cl3F3N10O7. The van der Waals surface area contributed by atoms with Gasteiger partial charge in [0.15, 0.2) is 0 Å². The normalized spacial score (nSPS) is 21.7. The van der Waals surface area contributed by atoms with E-state index in [2.05, 4.69) is 55.5 Å². The van der Waals surface area contributed by atoms with E-state index in [0.29, 0.717) is 56.0 Å².